The maximum atomic E-state index is 12.8. The lowest BCUT2D eigenvalue weighted by atomic mass is 10.1. The van der Waals surface area contributed by atoms with Crippen molar-refractivity contribution in [3.05, 3.63) is 64.4 Å². The van der Waals surface area contributed by atoms with Gasteiger partial charge in [-0.15, -0.1) is 0 Å². The number of benzene rings is 2. The molecule has 2 aromatic carbocycles. The van der Waals surface area contributed by atoms with Gasteiger partial charge in [-0.3, -0.25) is 4.79 Å². The molecule has 0 amide bonds. The highest BCUT2D eigenvalue weighted by molar-refractivity contribution is 5.81. The molecule has 0 radical (unpaired) electrons. The summed E-state index contributed by atoms with van der Waals surface area (Å²) in [7, 11) is 1.63. The highest BCUT2D eigenvalue weighted by Gasteiger charge is 2.09. The number of fused-ring (bicyclic) bond motifs is 1. The summed E-state index contributed by atoms with van der Waals surface area (Å²) in [6, 6.07) is 15.5. The van der Waals surface area contributed by atoms with Gasteiger partial charge >= 0.3 is 0 Å². The second kappa shape index (κ2) is 7.95. The van der Waals surface area contributed by atoms with Crippen LogP contribution in [0.3, 0.4) is 0 Å². The molecule has 0 fully saturated rings. The molecular formula is C21H24N2O3. The minimum absolute atomic E-state index is 0.0201. The van der Waals surface area contributed by atoms with Crippen LogP contribution in [0.2, 0.25) is 0 Å². The van der Waals surface area contributed by atoms with Crippen LogP contribution in [-0.2, 0) is 13.1 Å². The Labute approximate surface area is 153 Å². The number of nitrogens with one attached hydrogen (secondary N) is 1. The summed E-state index contributed by atoms with van der Waals surface area (Å²) >= 11 is 0. The third-order valence-electron chi connectivity index (χ3n) is 4.34. The minimum Gasteiger partial charge on any atom is -0.497 e. The smallest absolute Gasteiger partial charge is 0.256 e. The highest BCUT2D eigenvalue weighted by Crippen LogP contribution is 2.21. The fourth-order valence-corrected chi connectivity index (χ4v) is 3.01. The van der Waals surface area contributed by atoms with Crippen LogP contribution >= 0.6 is 0 Å². The average molecular weight is 352 g/mol. The van der Waals surface area contributed by atoms with Gasteiger partial charge in [0.1, 0.15) is 11.5 Å². The summed E-state index contributed by atoms with van der Waals surface area (Å²) in [4.78, 5) is 12.8. The van der Waals surface area contributed by atoms with Gasteiger partial charge in [-0.25, -0.2) is 0 Å². The molecule has 1 aromatic heterocycles. The van der Waals surface area contributed by atoms with Gasteiger partial charge in [-0.2, -0.15) is 0 Å². The van der Waals surface area contributed by atoms with Crippen LogP contribution < -0.4 is 20.3 Å². The minimum atomic E-state index is 0.0201. The van der Waals surface area contributed by atoms with Crippen molar-refractivity contribution in [3.63, 3.8) is 0 Å². The SMILES string of the molecule is CCOc1ccc(NCc2cc3ccc(OC)cc3n(CC)c2=O)cc1. The number of ether oxygens (including phenoxy) is 2. The fraction of sp³-hybridized carbons (Fsp3) is 0.286. The molecule has 0 aliphatic rings. The third kappa shape index (κ3) is 3.67. The summed E-state index contributed by atoms with van der Waals surface area (Å²) in [6.07, 6.45) is 0. The standard InChI is InChI=1S/C21H24N2O3/c1-4-23-20-13-19(25-3)9-6-15(20)12-16(21(23)24)14-22-17-7-10-18(11-8-17)26-5-2/h6-13,22H,4-5,14H2,1-3H3. The molecule has 1 N–H and O–H groups in total. The number of methoxy groups -OCH3 is 1. The van der Waals surface area contributed by atoms with Gasteiger partial charge in [0.2, 0.25) is 0 Å². The quantitative estimate of drug-likeness (QED) is 0.697. The molecule has 0 bridgehead atoms. The van der Waals surface area contributed by atoms with Crippen LogP contribution in [0.4, 0.5) is 5.69 Å². The molecule has 5 heteroatoms. The molecule has 0 unspecified atom stereocenters. The zero-order valence-corrected chi connectivity index (χ0v) is 15.4. The van der Waals surface area contributed by atoms with Crippen molar-refractivity contribution in [1.82, 2.24) is 4.57 Å². The largest absolute Gasteiger partial charge is 0.497 e. The Bertz CT molecular complexity index is 946. The number of nitrogens with zero attached hydrogens (tertiary/aromatic N) is 1. The summed E-state index contributed by atoms with van der Waals surface area (Å²) in [6.45, 7) is 5.66. The Morgan fingerprint density at radius 2 is 1.73 bits per heavy atom. The molecule has 136 valence electrons. The summed E-state index contributed by atoms with van der Waals surface area (Å²) in [5.74, 6) is 1.59. The first kappa shape index (κ1) is 17.9. The van der Waals surface area contributed by atoms with Crippen LogP contribution in [0.5, 0.6) is 11.5 Å². The van der Waals surface area contributed by atoms with Crippen molar-refractivity contribution in [2.24, 2.45) is 0 Å². The van der Waals surface area contributed by atoms with Crippen LogP contribution in [0.15, 0.2) is 53.3 Å². The summed E-state index contributed by atoms with van der Waals surface area (Å²) in [5.41, 5.74) is 2.59. The number of hydrogen-bond acceptors (Lipinski definition) is 4. The molecule has 5 nitrogen and oxygen atoms in total. The van der Waals surface area contributed by atoms with E-state index in [0.29, 0.717) is 19.7 Å². The van der Waals surface area contributed by atoms with E-state index in [1.54, 1.807) is 11.7 Å². The second-order valence-corrected chi connectivity index (χ2v) is 5.95. The lowest BCUT2D eigenvalue weighted by molar-refractivity contribution is 0.340. The molecule has 1 heterocycles. The Morgan fingerprint density at radius 3 is 2.38 bits per heavy atom. The molecule has 26 heavy (non-hydrogen) atoms. The molecule has 3 aromatic rings. The van der Waals surface area contributed by atoms with Crippen molar-refractivity contribution in [2.75, 3.05) is 19.0 Å². The van der Waals surface area contributed by atoms with Crippen molar-refractivity contribution < 1.29 is 9.47 Å². The average Bonchev–Trinajstić information content (AvgIpc) is 2.67. The van der Waals surface area contributed by atoms with Crippen molar-refractivity contribution in [2.45, 2.75) is 26.9 Å². The molecular weight excluding hydrogens is 328 g/mol. The number of aromatic nitrogens is 1. The monoisotopic (exact) mass is 352 g/mol. The van der Waals surface area contributed by atoms with Gasteiger partial charge in [0, 0.05) is 30.4 Å². The van der Waals surface area contributed by atoms with E-state index in [1.165, 1.54) is 0 Å². The normalized spacial score (nSPS) is 10.7. The van der Waals surface area contributed by atoms with Crippen LogP contribution in [0.25, 0.3) is 10.9 Å². The van der Waals surface area contributed by atoms with E-state index in [-0.39, 0.29) is 5.56 Å². The summed E-state index contributed by atoms with van der Waals surface area (Å²) in [5, 5.41) is 4.34. The molecule has 0 atom stereocenters. The molecule has 0 saturated carbocycles. The Hall–Kier alpha value is -2.95. The predicted molar refractivity (Wildman–Crippen MR) is 105 cm³/mol. The van der Waals surface area contributed by atoms with Crippen molar-refractivity contribution in [3.8, 4) is 11.5 Å². The molecule has 0 spiro atoms. The maximum absolute atomic E-state index is 12.8. The van der Waals surface area contributed by atoms with Gasteiger partial charge in [-0.05, 0) is 61.7 Å². The van der Waals surface area contributed by atoms with Crippen molar-refractivity contribution >= 4 is 16.6 Å². The Balaban J connectivity index is 1.87. The van der Waals surface area contributed by atoms with Crippen LogP contribution in [0.1, 0.15) is 19.4 Å². The topological polar surface area (TPSA) is 52.5 Å². The van der Waals surface area contributed by atoms with Gasteiger partial charge in [0.15, 0.2) is 0 Å². The van der Waals surface area contributed by atoms with Crippen LogP contribution in [0, 0.1) is 0 Å². The zero-order chi connectivity index (χ0) is 18.5. The molecule has 0 saturated heterocycles. The maximum Gasteiger partial charge on any atom is 0.256 e. The van der Waals surface area contributed by atoms with Gasteiger partial charge in [-0.1, -0.05) is 0 Å². The lowest BCUT2D eigenvalue weighted by Gasteiger charge is -2.13. The molecule has 0 aliphatic heterocycles. The van der Waals surface area contributed by atoms with Gasteiger partial charge in [0.05, 0.1) is 19.2 Å². The summed E-state index contributed by atoms with van der Waals surface area (Å²) < 4.78 is 12.5. The van der Waals surface area contributed by atoms with E-state index >= 15 is 0 Å². The highest BCUT2D eigenvalue weighted by atomic mass is 16.5. The van der Waals surface area contributed by atoms with E-state index in [4.69, 9.17) is 9.47 Å². The van der Waals surface area contributed by atoms with E-state index in [2.05, 4.69) is 5.32 Å². The van der Waals surface area contributed by atoms with E-state index < -0.39 is 0 Å². The third-order valence-corrected chi connectivity index (χ3v) is 4.34. The molecule has 0 aliphatic carbocycles. The van der Waals surface area contributed by atoms with E-state index in [9.17, 15) is 4.79 Å². The van der Waals surface area contributed by atoms with Gasteiger partial charge in [0.25, 0.3) is 5.56 Å². The Kier molecular flexibility index (Phi) is 5.46. The lowest BCUT2D eigenvalue weighted by Crippen LogP contribution is -2.24. The van der Waals surface area contributed by atoms with Crippen LogP contribution in [-0.4, -0.2) is 18.3 Å². The second-order valence-electron chi connectivity index (χ2n) is 5.95. The fourth-order valence-electron chi connectivity index (χ4n) is 3.01. The van der Waals surface area contributed by atoms with E-state index in [1.807, 2.05) is 62.4 Å². The number of hydrogen-bond donors (Lipinski definition) is 1. The number of anilines is 1. The predicted octanol–water partition coefficient (Wildman–Crippen LogP) is 4.04. The number of aryl methyl sites for hydroxylation is 1. The molecule has 3 rings (SSSR count). The van der Waals surface area contributed by atoms with Gasteiger partial charge < -0.3 is 19.4 Å². The Morgan fingerprint density at radius 1 is 1.00 bits per heavy atom. The first-order valence-corrected chi connectivity index (χ1v) is 8.83. The van der Waals surface area contributed by atoms with Crippen molar-refractivity contribution in [1.29, 1.82) is 0 Å². The number of pyridine rings is 1. The zero-order valence-electron chi connectivity index (χ0n) is 15.4. The van der Waals surface area contributed by atoms with E-state index in [0.717, 1.165) is 33.7 Å². The first-order chi connectivity index (χ1) is 12.7. The first-order valence-electron chi connectivity index (χ1n) is 8.83. The number of rotatable bonds is 7.